The van der Waals surface area contributed by atoms with Crippen LogP contribution in [0.2, 0.25) is 0 Å². The average molecular weight is 259 g/mol. The predicted octanol–water partition coefficient (Wildman–Crippen LogP) is 2.49. The number of hydrogen-bond acceptors (Lipinski definition) is 4. The number of aryl methyl sites for hydroxylation is 1. The number of hydrogen-bond donors (Lipinski definition) is 1. The molecule has 0 aliphatic rings. The molecule has 1 heterocycles. The Labute approximate surface area is 112 Å². The van der Waals surface area contributed by atoms with E-state index in [4.69, 9.17) is 9.47 Å². The lowest BCUT2D eigenvalue weighted by atomic mass is 10.0. The van der Waals surface area contributed by atoms with E-state index in [1.807, 2.05) is 19.1 Å². The van der Waals surface area contributed by atoms with E-state index in [-0.39, 0.29) is 0 Å². The summed E-state index contributed by atoms with van der Waals surface area (Å²) in [5.41, 5.74) is 2.34. The van der Waals surface area contributed by atoms with Crippen LogP contribution < -0.4 is 9.47 Å². The molecule has 1 unspecified atom stereocenters. The fourth-order valence-electron chi connectivity index (χ4n) is 1.80. The first-order valence-electron chi connectivity index (χ1n) is 5.97. The van der Waals surface area contributed by atoms with Gasteiger partial charge in [0.25, 0.3) is 0 Å². The maximum Gasteiger partial charge on any atom is 0.122 e. The number of benzene rings is 1. The number of rotatable bonds is 4. The van der Waals surface area contributed by atoms with E-state index in [1.54, 1.807) is 38.6 Å². The first-order chi connectivity index (χ1) is 9.13. The molecule has 4 heteroatoms. The second-order valence-corrected chi connectivity index (χ2v) is 4.31. The smallest absolute Gasteiger partial charge is 0.122 e. The Kier molecular flexibility index (Phi) is 4.02. The maximum atomic E-state index is 10.3. The van der Waals surface area contributed by atoms with Gasteiger partial charge in [-0.15, -0.1) is 0 Å². The SMILES string of the molecule is COc1cc(OC)cc(C(O)c2ccc(C)cn2)c1. The Morgan fingerprint density at radius 1 is 1.05 bits per heavy atom. The lowest BCUT2D eigenvalue weighted by Crippen LogP contribution is -2.03. The maximum absolute atomic E-state index is 10.3. The van der Waals surface area contributed by atoms with Crippen LogP contribution in [0.3, 0.4) is 0 Å². The molecule has 0 radical (unpaired) electrons. The van der Waals surface area contributed by atoms with Gasteiger partial charge in [-0.1, -0.05) is 6.07 Å². The van der Waals surface area contributed by atoms with Crippen LogP contribution in [0.5, 0.6) is 11.5 Å². The molecule has 2 aromatic rings. The number of pyridine rings is 1. The van der Waals surface area contributed by atoms with Gasteiger partial charge in [0, 0.05) is 12.3 Å². The highest BCUT2D eigenvalue weighted by atomic mass is 16.5. The molecule has 1 N–H and O–H groups in total. The Balaban J connectivity index is 2.37. The third-order valence-corrected chi connectivity index (χ3v) is 2.90. The van der Waals surface area contributed by atoms with E-state index in [9.17, 15) is 5.11 Å². The van der Waals surface area contributed by atoms with Crippen LogP contribution in [0.15, 0.2) is 36.5 Å². The van der Waals surface area contributed by atoms with Crippen LogP contribution in [-0.4, -0.2) is 24.3 Å². The van der Waals surface area contributed by atoms with Crippen molar-refractivity contribution >= 4 is 0 Å². The van der Waals surface area contributed by atoms with E-state index < -0.39 is 6.10 Å². The van der Waals surface area contributed by atoms with Crippen molar-refractivity contribution in [1.29, 1.82) is 0 Å². The summed E-state index contributed by atoms with van der Waals surface area (Å²) in [6.45, 7) is 1.96. The summed E-state index contributed by atoms with van der Waals surface area (Å²) in [5, 5.41) is 10.3. The van der Waals surface area contributed by atoms with Crippen molar-refractivity contribution in [1.82, 2.24) is 4.98 Å². The molecular weight excluding hydrogens is 242 g/mol. The second kappa shape index (κ2) is 5.71. The van der Waals surface area contributed by atoms with Crippen LogP contribution in [-0.2, 0) is 0 Å². The monoisotopic (exact) mass is 259 g/mol. The molecule has 4 nitrogen and oxygen atoms in total. The molecule has 0 aliphatic heterocycles. The first-order valence-corrected chi connectivity index (χ1v) is 5.97. The van der Waals surface area contributed by atoms with Gasteiger partial charge >= 0.3 is 0 Å². The Morgan fingerprint density at radius 2 is 1.68 bits per heavy atom. The minimum atomic E-state index is -0.801. The van der Waals surface area contributed by atoms with Gasteiger partial charge in [0.15, 0.2) is 0 Å². The molecule has 1 aromatic carbocycles. The van der Waals surface area contributed by atoms with Crippen molar-refractivity contribution < 1.29 is 14.6 Å². The summed E-state index contributed by atoms with van der Waals surface area (Å²) in [7, 11) is 3.16. The zero-order valence-corrected chi connectivity index (χ0v) is 11.3. The molecule has 19 heavy (non-hydrogen) atoms. The number of aliphatic hydroxyl groups excluding tert-OH is 1. The minimum absolute atomic E-state index is 0.598. The summed E-state index contributed by atoms with van der Waals surface area (Å²) in [4.78, 5) is 4.23. The predicted molar refractivity (Wildman–Crippen MR) is 72.6 cm³/mol. The Morgan fingerprint density at radius 3 is 2.16 bits per heavy atom. The van der Waals surface area contributed by atoms with E-state index in [0.29, 0.717) is 22.8 Å². The summed E-state index contributed by atoms with van der Waals surface area (Å²) < 4.78 is 10.4. The molecule has 1 atom stereocenters. The van der Waals surface area contributed by atoms with E-state index in [2.05, 4.69) is 4.98 Å². The summed E-state index contributed by atoms with van der Waals surface area (Å²) in [6, 6.07) is 9.04. The van der Waals surface area contributed by atoms with Crippen LogP contribution in [0.4, 0.5) is 0 Å². The summed E-state index contributed by atoms with van der Waals surface area (Å²) in [6.07, 6.45) is 0.931. The van der Waals surface area contributed by atoms with Crippen LogP contribution in [0.25, 0.3) is 0 Å². The normalized spacial score (nSPS) is 12.0. The zero-order valence-electron chi connectivity index (χ0n) is 11.3. The highest BCUT2D eigenvalue weighted by Crippen LogP contribution is 2.29. The van der Waals surface area contributed by atoms with Gasteiger partial charge in [-0.3, -0.25) is 4.98 Å². The van der Waals surface area contributed by atoms with E-state index in [0.717, 1.165) is 5.56 Å². The Hall–Kier alpha value is -2.07. The van der Waals surface area contributed by atoms with E-state index in [1.165, 1.54) is 0 Å². The molecule has 0 spiro atoms. The summed E-state index contributed by atoms with van der Waals surface area (Å²) in [5.74, 6) is 1.28. The number of aromatic nitrogens is 1. The van der Waals surface area contributed by atoms with Gasteiger partial charge in [-0.25, -0.2) is 0 Å². The minimum Gasteiger partial charge on any atom is -0.497 e. The fourth-order valence-corrected chi connectivity index (χ4v) is 1.80. The first kappa shape index (κ1) is 13.4. The van der Waals surface area contributed by atoms with Gasteiger partial charge in [-0.2, -0.15) is 0 Å². The largest absolute Gasteiger partial charge is 0.497 e. The van der Waals surface area contributed by atoms with Gasteiger partial charge in [-0.05, 0) is 36.2 Å². The van der Waals surface area contributed by atoms with Crippen molar-refractivity contribution in [3.05, 3.63) is 53.3 Å². The molecule has 100 valence electrons. The van der Waals surface area contributed by atoms with Crippen molar-refractivity contribution in [2.75, 3.05) is 14.2 Å². The molecule has 0 bridgehead atoms. The molecule has 0 aliphatic carbocycles. The quantitative estimate of drug-likeness (QED) is 0.916. The number of methoxy groups -OCH3 is 2. The van der Waals surface area contributed by atoms with Gasteiger partial charge in [0.05, 0.1) is 19.9 Å². The zero-order chi connectivity index (χ0) is 13.8. The summed E-state index contributed by atoms with van der Waals surface area (Å²) >= 11 is 0. The van der Waals surface area contributed by atoms with Crippen LogP contribution in [0.1, 0.15) is 22.9 Å². The molecular formula is C15H17NO3. The second-order valence-electron chi connectivity index (χ2n) is 4.31. The lowest BCUT2D eigenvalue weighted by Gasteiger charge is -2.13. The molecule has 0 fully saturated rings. The highest BCUT2D eigenvalue weighted by Gasteiger charge is 2.14. The molecule has 2 rings (SSSR count). The fraction of sp³-hybridized carbons (Fsp3) is 0.267. The number of nitrogens with zero attached hydrogens (tertiary/aromatic N) is 1. The Bertz CT molecular complexity index is 530. The van der Waals surface area contributed by atoms with Crippen molar-refractivity contribution in [2.45, 2.75) is 13.0 Å². The highest BCUT2D eigenvalue weighted by molar-refractivity contribution is 5.41. The van der Waals surface area contributed by atoms with Crippen molar-refractivity contribution in [2.24, 2.45) is 0 Å². The van der Waals surface area contributed by atoms with E-state index >= 15 is 0 Å². The molecule has 0 saturated carbocycles. The third-order valence-electron chi connectivity index (χ3n) is 2.90. The van der Waals surface area contributed by atoms with Crippen LogP contribution >= 0.6 is 0 Å². The number of ether oxygens (including phenoxy) is 2. The average Bonchev–Trinajstić information content (AvgIpc) is 2.46. The van der Waals surface area contributed by atoms with Crippen LogP contribution in [0, 0.1) is 6.92 Å². The standard InChI is InChI=1S/C15H17NO3/c1-10-4-5-14(16-9-10)15(17)11-6-12(18-2)8-13(7-11)19-3/h4-9,15,17H,1-3H3. The number of aliphatic hydroxyl groups is 1. The van der Waals surface area contributed by atoms with Gasteiger partial charge < -0.3 is 14.6 Å². The van der Waals surface area contributed by atoms with Gasteiger partial charge in [0.2, 0.25) is 0 Å². The van der Waals surface area contributed by atoms with Gasteiger partial charge in [0.1, 0.15) is 17.6 Å². The molecule has 1 aromatic heterocycles. The van der Waals surface area contributed by atoms with Crippen molar-refractivity contribution in [3.8, 4) is 11.5 Å². The molecule has 0 amide bonds. The molecule has 0 saturated heterocycles. The topological polar surface area (TPSA) is 51.6 Å². The van der Waals surface area contributed by atoms with Crippen molar-refractivity contribution in [3.63, 3.8) is 0 Å². The lowest BCUT2D eigenvalue weighted by molar-refractivity contribution is 0.214. The third kappa shape index (κ3) is 3.03.